The number of carbonyl (C=O) groups excluding carboxylic acids is 2. The Morgan fingerprint density at radius 1 is 1.21 bits per heavy atom. The van der Waals surface area contributed by atoms with Crippen molar-refractivity contribution in [1.29, 1.82) is 0 Å². The molecule has 0 bridgehead atoms. The Morgan fingerprint density at radius 2 is 1.71 bits per heavy atom. The van der Waals surface area contributed by atoms with Crippen LogP contribution in [0.1, 0.15) is 33.6 Å². The normalized spacial score (nSPS) is 27.5. The van der Waals surface area contributed by atoms with E-state index in [9.17, 15) is 9.59 Å². The fraction of sp³-hybridized carbons (Fsp3) is 0.818. The molecule has 0 aromatic heterocycles. The van der Waals surface area contributed by atoms with Gasteiger partial charge in [-0.25, -0.2) is 0 Å². The number of nitrogens with zero attached hydrogens (tertiary/aromatic N) is 1. The van der Waals surface area contributed by atoms with E-state index in [0.29, 0.717) is 11.8 Å². The molecule has 1 saturated heterocycles. The molecule has 2 atom stereocenters. The van der Waals surface area contributed by atoms with E-state index in [1.807, 2.05) is 4.90 Å². The minimum absolute atomic E-state index is 0.00380. The molecule has 0 radical (unpaired) electrons. The molecule has 0 aliphatic carbocycles. The summed E-state index contributed by atoms with van der Waals surface area (Å²) in [5, 5.41) is 0. The Hall–Kier alpha value is -0.860. The summed E-state index contributed by atoms with van der Waals surface area (Å²) in [6.07, 6.45) is 1.25. The van der Waals surface area contributed by atoms with Crippen molar-refractivity contribution in [3.63, 3.8) is 0 Å². The summed E-state index contributed by atoms with van der Waals surface area (Å²) in [6.45, 7) is 7.41. The fourth-order valence-corrected chi connectivity index (χ4v) is 2.19. The van der Waals surface area contributed by atoms with E-state index in [2.05, 4.69) is 13.8 Å². The van der Waals surface area contributed by atoms with Crippen molar-refractivity contribution in [3.05, 3.63) is 0 Å². The first-order valence-electron chi connectivity index (χ1n) is 5.26. The molecule has 0 aromatic rings. The van der Waals surface area contributed by atoms with Crippen molar-refractivity contribution < 1.29 is 9.59 Å². The van der Waals surface area contributed by atoms with Crippen LogP contribution in [-0.2, 0) is 9.59 Å². The first kappa shape index (κ1) is 11.2. The zero-order chi connectivity index (χ0) is 10.7. The average Bonchev–Trinajstić information content (AvgIpc) is 2.00. The Labute approximate surface area is 85.5 Å². The third-order valence-corrected chi connectivity index (χ3v) is 2.62. The molecule has 14 heavy (non-hydrogen) atoms. The van der Waals surface area contributed by atoms with Gasteiger partial charge in [0.05, 0.1) is 6.42 Å². The van der Waals surface area contributed by atoms with E-state index in [4.69, 9.17) is 0 Å². The van der Waals surface area contributed by atoms with E-state index in [0.717, 1.165) is 13.1 Å². The maximum absolute atomic E-state index is 11.6. The van der Waals surface area contributed by atoms with Crippen LogP contribution in [0.25, 0.3) is 0 Å². The molecule has 0 aromatic carbocycles. The van der Waals surface area contributed by atoms with Gasteiger partial charge in [0.1, 0.15) is 5.78 Å². The molecule has 1 heterocycles. The lowest BCUT2D eigenvalue weighted by molar-refractivity contribution is -0.137. The topological polar surface area (TPSA) is 37.4 Å². The van der Waals surface area contributed by atoms with Crippen molar-refractivity contribution in [2.45, 2.75) is 33.6 Å². The van der Waals surface area contributed by atoms with Crippen LogP contribution < -0.4 is 0 Å². The Balaban J connectivity index is 2.50. The molecule has 0 N–H and O–H groups in total. The Morgan fingerprint density at radius 3 is 2.14 bits per heavy atom. The number of amides is 1. The van der Waals surface area contributed by atoms with Crippen LogP contribution >= 0.6 is 0 Å². The maximum Gasteiger partial charge on any atom is 0.230 e. The van der Waals surface area contributed by atoms with Gasteiger partial charge in [-0.1, -0.05) is 13.8 Å². The summed E-state index contributed by atoms with van der Waals surface area (Å²) in [5.74, 6) is 1.08. The molecule has 3 heteroatoms. The van der Waals surface area contributed by atoms with Gasteiger partial charge >= 0.3 is 0 Å². The number of Topliss-reactive ketones (excluding diaryl/α,β-unsaturated/α-hetero) is 1. The number of rotatable bonds is 2. The van der Waals surface area contributed by atoms with E-state index >= 15 is 0 Å². The van der Waals surface area contributed by atoms with Crippen molar-refractivity contribution in [3.8, 4) is 0 Å². The van der Waals surface area contributed by atoms with Crippen LogP contribution in [-0.4, -0.2) is 29.7 Å². The van der Waals surface area contributed by atoms with Crippen molar-refractivity contribution in [2.24, 2.45) is 11.8 Å². The van der Waals surface area contributed by atoms with E-state index < -0.39 is 0 Å². The zero-order valence-electron chi connectivity index (χ0n) is 9.25. The lowest BCUT2D eigenvalue weighted by Crippen LogP contribution is -2.43. The average molecular weight is 197 g/mol. The quantitative estimate of drug-likeness (QED) is 0.629. The second kappa shape index (κ2) is 4.58. The third-order valence-electron chi connectivity index (χ3n) is 2.62. The van der Waals surface area contributed by atoms with Gasteiger partial charge in [0, 0.05) is 13.1 Å². The summed E-state index contributed by atoms with van der Waals surface area (Å²) in [6, 6.07) is 0. The number of hydrogen-bond acceptors (Lipinski definition) is 2. The summed E-state index contributed by atoms with van der Waals surface area (Å²) >= 11 is 0. The van der Waals surface area contributed by atoms with Gasteiger partial charge in [-0.15, -0.1) is 0 Å². The minimum atomic E-state index is -0.0409. The number of hydrogen-bond donors (Lipinski definition) is 0. The molecule has 0 saturated carbocycles. The van der Waals surface area contributed by atoms with Gasteiger partial charge in [-0.2, -0.15) is 0 Å². The van der Waals surface area contributed by atoms with Gasteiger partial charge in [-0.3, -0.25) is 9.59 Å². The third kappa shape index (κ3) is 3.13. The first-order chi connectivity index (χ1) is 6.49. The molecule has 1 aliphatic heterocycles. The molecule has 0 spiro atoms. The largest absolute Gasteiger partial charge is 0.342 e. The van der Waals surface area contributed by atoms with Crippen LogP contribution in [0.5, 0.6) is 0 Å². The Bertz CT molecular complexity index is 227. The van der Waals surface area contributed by atoms with Gasteiger partial charge in [0.2, 0.25) is 5.91 Å². The monoisotopic (exact) mass is 197 g/mol. The lowest BCUT2D eigenvalue weighted by Gasteiger charge is -2.34. The highest BCUT2D eigenvalue weighted by molar-refractivity contribution is 5.96. The second-order valence-corrected chi connectivity index (χ2v) is 4.62. The molecule has 1 rings (SSSR count). The predicted molar refractivity (Wildman–Crippen MR) is 54.8 cm³/mol. The zero-order valence-corrected chi connectivity index (χ0v) is 9.25. The molecular formula is C11H19NO2. The highest BCUT2D eigenvalue weighted by Crippen LogP contribution is 2.21. The molecule has 2 unspecified atom stereocenters. The summed E-state index contributed by atoms with van der Waals surface area (Å²) in [5.41, 5.74) is 0. The van der Waals surface area contributed by atoms with Gasteiger partial charge < -0.3 is 4.90 Å². The van der Waals surface area contributed by atoms with Crippen molar-refractivity contribution >= 4 is 11.7 Å². The van der Waals surface area contributed by atoms with Gasteiger partial charge in [0.15, 0.2) is 0 Å². The number of ketones is 1. The lowest BCUT2D eigenvalue weighted by atomic mass is 9.91. The summed E-state index contributed by atoms with van der Waals surface area (Å²) in [4.78, 5) is 24.3. The van der Waals surface area contributed by atoms with Crippen LogP contribution in [0.15, 0.2) is 0 Å². The molecule has 80 valence electrons. The standard InChI is InChI=1S/C11H19NO2/c1-8-4-9(2)7-12(6-8)11(14)5-10(3)13/h8-9H,4-7H2,1-3H3. The molecule has 3 nitrogen and oxygen atoms in total. The van der Waals surface area contributed by atoms with E-state index in [-0.39, 0.29) is 18.1 Å². The van der Waals surface area contributed by atoms with Crippen LogP contribution in [0, 0.1) is 11.8 Å². The molecule has 1 amide bonds. The first-order valence-corrected chi connectivity index (χ1v) is 5.26. The molecule has 1 aliphatic rings. The van der Waals surface area contributed by atoms with Crippen molar-refractivity contribution in [2.75, 3.05) is 13.1 Å². The number of likely N-dealkylation sites (tertiary alicyclic amines) is 1. The molecular weight excluding hydrogens is 178 g/mol. The van der Waals surface area contributed by atoms with Crippen LogP contribution in [0.4, 0.5) is 0 Å². The SMILES string of the molecule is CC(=O)CC(=O)N1CC(C)CC(C)C1. The smallest absolute Gasteiger partial charge is 0.230 e. The minimum Gasteiger partial charge on any atom is -0.342 e. The van der Waals surface area contributed by atoms with E-state index in [1.165, 1.54) is 13.3 Å². The summed E-state index contributed by atoms with van der Waals surface area (Å²) < 4.78 is 0. The highest BCUT2D eigenvalue weighted by Gasteiger charge is 2.25. The van der Waals surface area contributed by atoms with Crippen LogP contribution in [0.3, 0.4) is 0 Å². The van der Waals surface area contributed by atoms with E-state index in [1.54, 1.807) is 0 Å². The van der Waals surface area contributed by atoms with Crippen LogP contribution in [0.2, 0.25) is 0 Å². The summed E-state index contributed by atoms with van der Waals surface area (Å²) in [7, 11) is 0. The fourth-order valence-electron chi connectivity index (χ4n) is 2.19. The second-order valence-electron chi connectivity index (χ2n) is 4.62. The van der Waals surface area contributed by atoms with Crippen molar-refractivity contribution in [1.82, 2.24) is 4.90 Å². The Kier molecular flexibility index (Phi) is 3.67. The highest BCUT2D eigenvalue weighted by atomic mass is 16.2. The maximum atomic E-state index is 11.6. The predicted octanol–water partition coefficient (Wildman–Crippen LogP) is 1.47. The number of piperidine rings is 1. The van der Waals surface area contributed by atoms with Gasteiger partial charge in [-0.05, 0) is 25.2 Å². The molecule has 1 fully saturated rings. The number of carbonyl (C=O) groups is 2. The van der Waals surface area contributed by atoms with Gasteiger partial charge in [0.25, 0.3) is 0 Å².